The third-order valence-corrected chi connectivity index (χ3v) is 9.87. The number of sulfonamides is 1. The highest BCUT2D eigenvalue weighted by Crippen LogP contribution is 2.50. The van der Waals surface area contributed by atoms with Gasteiger partial charge < -0.3 is 30.2 Å². The highest BCUT2D eigenvalue weighted by atomic mass is 32.2. The van der Waals surface area contributed by atoms with Crippen LogP contribution in [0.1, 0.15) is 36.9 Å². The molecule has 3 N–H and O–H groups in total. The minimum absolute atomic E-state index is 0.0713. The average molecular weight is 651 g/mol. The van der Waals surface area contributed by atoms with E-state index >= 15 is 0 Å². The van der Waals surface area contributed by atoms with Crippen molar-refractivity contribution in [2.75, 3.05) is 65.0 Å². The maximum Gasteiger partial charge on any atom is 0.242 e. The molecule has 0 radical (unpaired) electrons. The third kappa shape index (κ3) is 8.16. The standard InChI is InChI=1S/C30H42N4O8S2/c1-18(35)32-22-10-8-19-16-26(40-4)28(41-5)29(42-6)27(19)20-9-11-23(25(36)17-21(20)22)33-24(12-14-43-7)30(37)31-13-15-44(38,39)34(2)3/h9,11,16-17,22,24H,8,10,12-15H2,1-7H3,(H,31,37)(H,32,35)(H,33,36)/t22-,24-/m1/s1. The summed E-state index contributed by atoms with van der Waals surface area (Å²) < 4.78 is 42.4. The van der Waals surface area contributed by atoms with Gasteiger partial charge in [0.2, 0.25) is 33.0 Å². The second-order valence-electron chi connectivity index (χ2n) is 10.5. The van der Waals surface area contributed by atoms with E-state index in [2.05, 4.69) is 16.0 Å². The van der Waals surface area contributed by atoms with Crippen molar-refractivity contribution in [2.45, 2.75) is 38.3 Å². The molecule has 2 aromatic carbocycles. The Morgan fingerprint density at radius 3 is 2.39 bits per heavy atom. The fraction of sp³-hybridized carbons (Fsp3) is 0.500. The van der Waals surface area contributed by atoms with Crippen molar-refractivity contribution in [2.24, 2.45) is 0 Å². The van der Waals surface area contributed by atoms with E-state index in [4.69, 9.17) is 14.2 Å². The number of thioether (sulfide) groups is 1. The number of anilines is 1. The maximum absolute atomic E-state index is 13.7. The van der Waals surface area contributed by atoms with Crippen molar-refractivity contribution in [3.8, 4) is 28.4 Å². The summed E-state index contributed by atoms with van der Waals surface area (Å²) in [6.07, 6.45) is 3.38. The number of amides is 2. The van der Waals surface area contributed by atoms with Crippen LogP contribution in [0.3, 0.4) is 0 Å². The average Bonchev–Trinajstić information content (AvgIpc) is 3.22. The van der Waals surface area contributed by atoms with Gasteiger partial charge in [0.15, 0.2) is 11.5 Å². The first-order valence-electron chi connectivity index (χ1n) is 14.1. The van der Waals surface area contributed by atoms with E-state index in [-0.39, 0.29) is 29.3 Å². The fourth-order valence-electron chi connectivity index (χ4n) is 5.13. The summed E-state index contributed by atoms with van der Waals surface area (Å²) >= 11 is 1.55. The van der Waals surface area contributed by atoms with Gasteiger partial charge >= 0.3 is 0 Å². The monoisotopic (exact) mass is 650 g/mol. The molecule has 1 aliphatic carbocycles. The van der Waals surface area contributed by atoms with E-state index in [1.807, 2.05) is 12.3 Å². The van der Waals surface area contributed by atoms with E-state index in [9.17, 15) is 22.8 Å². The minimum atomic E-state index is -3.49. The van der Waals surface area contributed by atoms with Gasteiger partial charge in [-0.3, -0.25) is 14.4 Å². The maximum atomic E-state index is 13.7. The van der Waals surface area contributed by atoms with Gasteiger partial charge in [-0.1, -0.05) is 6.07 Å². The molecule has 0 bridgehead atoms. The van der Waals surface area contributed by atoms with E-state index in [1.54, 1.807) is 31.0 Å². The SMILES string of the molecule is COc1cc2c(c(OC)c1OC)-c1ccc(N[C@H](CCSC)C(=O)NCCS(=O)(=O)N(C)C)c(=O)cc1[C@H](NC(C)=O)CC2. The van der Waals surface area contributed by atoms with Crippen molar-refractivity contribution in [3.63, 3.8) is 0 Å². The van der Waals surface area contributed by atoms with Crippen molar-refractivity contribution < 1.29 is 32.2 Å². The molecule has 0 aromatic heterocycles. The zero-order valence-corrected chi connectivity index (χ0v) is 27.9. The molecule has 0 aliphatic heterocycles. The Morgan fingerprint density at radius 1 is 1.09 bits per heavy atom. The summed E-state index contributed by atoms with van der Waals surface area (Å²) in [5.41, 5.74) is 2.68. The van der Waals surface area contributed by atoms with Crippen molar-refractivity contribution >= 4 is 39.3 Å². The summed E-state index contributed by atoms with van der Waals surface area (Å²) in [6, 6.07) is 5.49. The highest BCUT2D eigenvalue weighted by Gasteiger charge is 2.30. The molecule has 14 heteroatoms. The zero-order chi connectivity index (χ0) is 32.6. The smallest absolute Gasteiger partial charge is 0.242 e. The lowest BCUT2D eigenvalue weighted by Crippen LogP contribution is -2.43. The lowest BCUT2D eigenvalue weighted by Gasteiger charge is -2.19. The van der Waals surface area contributed by atoms with Crippen molar-refractivity contribution in [1.29, 1.82) is 0 Å². The number of hydrogen-bond acceptors (Lipinski definition) is 10. The highest BCUT2D eigenvalue weighted by molar-refractivity contribution is 7.98. The zero-order valence-electron chi connectivity index (χ0n) is 26.2. The normalized spacial score (nSPS) is 14.9. The van der Waals surface area contributed by atoms with Gasteiger partial charge in [-0.2, -0.15) is 11.8 Å². The molecule has 242 valence electrons. The van der Waals surface area contributed by atoms with E-state index in [1.165, 1.54) is 41.3 Å². The molecule has 0 saturated carbocycles. The number of aryl methyl sites for hydroxylation is 1. The van der Waals surface area contributed by atoms with Gasteiger partial charge in [0.1, 0.15) is 6.04 Å². The molecule has 2 atom stereocenters. The molecule has 1 aliphatic rings. The largest absolute Gasteiger partial charge is 0.493 e. The molecule has 44 heavy (non-hydrogen) atoms. The molecule has 12 nitrogen and oxygen atoms in total. The lowest BCUT2D eigenvalue weighted by atomic mass is 9.95. The van der Waals surface area contributed by atoms with E-state index in [0.29, 0.717) is 59.0 Å². The molecule has 0 fully saturated rings. The van der Waals surface area contributed by atoms with Gasteiger partial charge in [0.05, 0.1) is 38.8 Å². The fourth-order valence-corrected chi connectivity index (χ4v) is 6.32. The number of ether oxygens (including phenoxy) is 3. The molecule has 2 aromatic rings. The first kappa shape index (κ1) is 35.0. The number of carbonyl (C=O) groups is 2. The van der Waals surface area contributed by atoms with Crippen LogP contribution in [0.5, 0.6) is 17.2 Å². The molecular weight excluding hydrogens is 608 g/mol. The number of carbonyl (C=O) groups excluding carboxylic acids is 2. The molecule has 0 spiro atoms. The molecule has 0 saturated heterocycles. The predicted molar refractivity (Wildman–Crippen MR) is 174 cm³/mol. The van der Waals surface area contributed by atoms with Crippen LogP contribution in [0.4, 0.5) is 5.69 Å². The van der Waals surface area contributed by atoms with Gasteiger partial charge in [0, 0.05) is 33.1 Å². The van der Waals surface area contributed by atoms with E-state index < -0.39 is 28.0 Å². The summed E-state index contributed by atoms with van der Waals surface area (Å²) in [5.74, 6) is 1.05. The molecule has 0 heterocycles. The van der Waals surface area contributed by atoms with Gasteiger partial charge in [-0.25, -0.2) is 12.7 Å². The Labute approximate surface area is 263 Å². The third-order valence-electron chi connectivity index (χ3n) is 7.39. The first-order valence-corrected chi connectivity index (χ1v) is 17.1. The summed E-state index contributed by atoms with van der Waals surface area (Å²) in [6.45, 7) is 1.36. The summed E-state index contributed by atoms with van der Waals surface area (Å²) in [4.78, 5) is 39.1. The van der Waals surface area contributed by atoms with E-state index in [0.717, 1.165) is 9.87 Å². The van der Waals surface area contributed by atoms with Gasteiger partial charge in [0.25, 0.3) is 0 Å². The molecular formula is C30H42N4O8S2. The second-order valence-corrected chi connectivity index (χ2v) is 13.8. The number of nitrogens with zero attached hydrogens (tertiary/aromatic N) is 1. The number of hydrogen-bond donors (Lipinski definition) is 3. The van der Waals surface area contributed by atoms with Gasteiger partial charge in [-0.15, -0.1) is 0 Å². The van der Waals surface area contributed by atoms with Crippen LogP contribution in [0.2, 0.25) is 0 Å². The Bertz CT molecular complexity index is 1530. The quantitative estimate of drug-likeness (QED) is 0.278. The second kappa shape index (κ2) is 15.5. The molecule has 0 unspecified atom stereocenters. The number of fused-ring (bicyclic) bond motifs is 3. The van der Waals surface area contributed by atoms with Crippen molar-refractivity contribution in [3.05, 3.63) is 45.6 Å². The number of nitrogens with one attached hydrogen (secondary N) is 3. The number of rotatable bonds is 14. The Morgan fingerprint density at radius 2 is 1.80 bits per heavy atom. The molecule has 3 rings (SSSR count). The predicted octanol–water partition coefficient (Wildman–Crippen LogP) is 2.40. The van der Waals surface area contributed by atoms with Crippen LogP contribution in [-0.4, -0.2) is 90.3 Å². The van der Waals surface area contributed by atoms with Crippen LogP contribution in [0, 0.1) is 0 Å². The minimum Gasteiger partial charge on any atom is -0.493 e. The Hall–Kier alpha value is -3.49. The first-order chi connectivity index (χ1) is 20.9. The van der Waals surface area contributed by atoms with Crippen LogP contribution in [0.25, 0.3) is 11.1 Å². The Balaban J connectivity index is 2.11. The van der Waals surface area contributed by atoms with Gasteiger partial charge in [-0.05, 0) is 66.2 Å². The Kier molecular flexibility index (Phi) is 12.3. The molecule has 2 amide bonds. The van der Waals surface area contributed by atoms with Crippen molar-refractivity contribution in [1.82, 2.24) is 14.9 Å². The summed E-state index contributed by atoms with van der Waals surface area (Å²) in [7, 11) is 3.97. The number of benzene rings is 1. The van der Waals surface area contributed by atoms with Crippen LogP contribution >= 0.6 is 11.8 Å². The number of methoxy groups -OCH3 is 3. The van der Waals surface area contributed by atoms with Crippen LogP contribution in [0.15, 0.2) is 29.1 Å². The topological polar surface area (TPSA) is 152 Å². The van der Waals surface area contributed by atoms with Crippen LogP contribution < -0.4 is 35.6 Å². The summed E-state index contributed by atoms with van der Waals surface area (Å²) in [5, 5.41) is 8.76. The van der Waals surface area contributed by atoms with Crippen LogP contribution in [-0.2, 0) is 26.0 Å². The lowest BCUT2D eigenvalue weighted by molar-refractivity contribution is -0.122.